The first kappa shape index (κ1) is 18.2. The quantitative estimate of drug-likeness (QED) is 0.552. The fraction of sp³-hybridized carbons (Fsp3) is 0.150. The maximum atomic E-state index is 12.8. The van der Waals surface area contributed by atoms with Crippen LogP contribution in [0.15, 0.2) is 64.2 Å². The van der Waals surface area contributed by atoms with Crippen LogP contribution >= 0.6 is 0 Å². The van der Waals surface area contributed by atoms with Gasteiger partial charge in [0.15, 0.2) is 0 Å². The van der Waals surface area contributed by atoms with Crippen molar-refractivity contribution in [1.29, 1.82) is 0 Å². The second-order valence-corrected chi connectivity index (χ2v) is 5.60. The van der Waals surface area contributed by atoms with Crippen molar-refractivity contribution in [3.05, 3.63) is 65.7 Å². The van der Waals surface area contributed by atoms with Gasteiger partial charge >= 0.3 is 5.97 Å². The molecule has 3 aromatic rings. The highest BCUT2D eigenvalue weighted by atomic mass is 16.7. The molecule has 0 atom stereocenters. The summed E-state index contributed by atoms with van der Waals surface area (Å²) in [5.74, 6) is -0.376. The summed E-state index contributed by atoms with van der Waals surface area (Å²) in [6.07, 6.45) is 0.155. The van der Waals surface area contributed by atoms with E-state index in [0.717, 1.165) is 0 Å². The Morgan fingerprint density at radius 1 is 1.11 bits per heavy atom. The second-order valence-electron chi connectivity index (χ2n) is 5.60. The molecule has 3 rings (SSSR count). The van der Waals surface area contributed by atoms with Crippen molar-refractivity contribution in [1.82, 2.24) is 0 Å². The maximum Gasteiger partial charge on any atom is 0.334 e. The molecule has 1 amide bonds. The predicted molar refractivity (Wildman–Crippen MR) is 99.1 cm³/mol. The number of methoxy groups -OCH3 is 1. The lowest BCUT2D eigenvalue weighted by atomic mass is 10.1. The Labute approximate surface area is 155 Å². The third-order valence-corrected chi connectivity index (χ3v) is 3.75. The molecule has 1 N–H and O–H groups in total. The summed E-state index contributed by atoms with van der Waals surface area (Å²) in [4.78, 5) is 29.0. The van der Waals surface area contributed by atoms with Crippen LogP contribution in [0.5, 0.6) is 5.75 Å². The zero-order valence-corrected chi connectivity index (χ0v) is 14.9. The van der Waals surface area contributed by atoms with Crippen molar-refractivity contribution in [2.75, 3.05) is 12.4 Å². The van der Waals surface area contributed by atoms with Gasteiger partial charge in [-0.1, -0.05) is 31.2 Å². The largest absolute Gasteiger partial charge is 0.497 e. The summed E-state index contributed by atoms with van der Waals surface area (Å²) in [5, 5.41) is 7.20. The average Bonchev–Trinajstić information content (AvgIpc) is 2.71. The highest BCUT2D eigenvalue weighted by Crippen LogP contribution is 2.18. The second kappa shape index (κ2) is 8.18. The number of rotatable bonds is 5. The molecule has 1 aromatic heterocycles. The van der Waals surface area contributed by atoms with E-state index < -0.39 is 11.9 Å². The van der Waals surface area contributed by atoms with Crippen LogP contribution in [0.4, 0.5) is 5.69 Å². The van der Waals surface area contributed by atoms with Gasteiger partial charge in [-0.15, -0.1) is 0 Å². The number of hydrogen-bond acceptors (Lipinski definition) is 6. The highest BCUT2D eigenvalue weighted by molar-refractivity contribution is 6.05. The van der Waals surface area contributed by atoms with Crippen LogP contribution in [0.1, 0.15) is 23.7 Å². The van der Waals surface area contributed by atoms with E-state index in [9.17, 15) is 9.59 Å². The van der Waals surface area contributed by atoms with E-state index in [2.05, 4.69) is 10.5 Å². The molecule has 0 fully saturated rings. The molecule has 27 heavy (non-hydrogen) atoms. The topological polar surface area (TPSA) is 90.1 Å². The lowest BCUT2D eigenvalue weighted by Crippen LogP contribution is -2.22. The van der Waals surface area contributed by atoms with Crippen LogP contribution < -0.4 is 15.6 Å². The Kier molecular flexibility index (Phi) is 5.51. The van der Waals surface area contributed by atoms with E-state index in [-0.39, 0.29) is 17.5 Å². The zero-order valence-electron chi connectivity index (χ0n) is 14.9. The number of nitrogens with one attached hydrogen (secondary N) is 1. The van der Waals surface area contributed by atoms with Gasteiger partial charge in [0.25, 0.3) is 11.5 Å². The summed E-state index contributed by atoms with van der Waals surface area (Å²) < 4.78 is 10.8. The van der Waals surface area contributed by atoms with Gasteiger partial charge in [0.1, 0.15) is 16.9 Å². The van der Waals surface area contributed by atoms with Gasteiger partial charge in [-0.3, -0.25) is 4.79 Å². The molecule has 0 aliphatic carbocycles. The smallest absolute Gasteiger partial charge is 0.334 e. The predicted octanol–water partition coefficient (Wildman–Crippen LogP) is 3.46. The van der Waals surface area contributed by atoms with Crippen LogP contribution in [-0.2, 0) is 9.63 Å². The van der Waals surface area contributed by atoms with E-state index in [0.29, 0.717) is 22.4 Å². The molecule has 0 radical (unpaired) electrons. The van der Waals surface area contributed by atoms with E-state index in [1.807, 2.05) is 12.1 Å². The summed E-state index contributed by atoms with van der Waals surface area (Å²) in [6.45, 7) is 1.64. The number of fused-ring (bicyclic) bond motifs is 1. The van der Waals surface area contributed by atoms with Crippen LogP contribution in [0.25, 0.3) is 11.0 Å². The average molecular weight is 366 g/mol. The van der Waals surface area contributed by atoms with E-state index >= 15 is 0 Å². The van der Waals surface area contributed by atoms with Gasteiger partial charge in [-0.25, -0.2) is 4.79 Å². The summed E-state index contributed by atoms with van der Waals surface area (Å²) in [5.41, 5.74) is 1.11. The van der Waals surface area contributed by atoms with Gasteiger partial charge in [-0.05, 0) is 29.4 Å². The molecule has 2 aromatic carbocycles. The minimum atomic E-state index is -0.530. The summed E-state index contributed by atoms with van der Waals surface area (Å²) in [6, 6.07) is 15.7. The number of carbonyl (C=O) groups excluding carboxylic acids is 2. The molecule has 0 aliphatic heterocycles. The number of ether oxygens (including phenoxy) is 1. The first-order valence-electron chi connectivity index (χ1n) is 8.33. The SMILES string of the molecule is CCC(=O)O/N=c1\oc2ccccc2cc1C(=O)Nc1cccc(OC)c1. The van der Waals surface area contributed by atoms with Gasteiger partial charge in [0.2, 0.25) is 0 Å². The molecule has 0 spiro atoms. The van der Waals surface area contributed by atoms with Crippen LogP contribution in [-0.4, -0.2) is 19.0 Å². The summed E-state index contributed by atoms with van der Waals surface area (Å²) in [7, 11) is 1.54. The Bertz CT molecular complexity index is 1060. The molecule has 138 valence electrons. The molecule has 0 bridgehead atoms. The molecule has 7 nitrogen and oxygen atoms in total. The lowest BCUT2D eigenvalue weighted by molar-refractivity contribution is -0.144. The molecule has 0 saturated carbocycles. The van der Waals surface area contributed by atoms with Crippen LogP contribution in [0.3, 0.4) is 0 Å². The number of benzene rings is 2. The van der Waals surface area contributed by atoms with Gasteiger partial charge in [-0.2, -0.15) is 0 Å². The zero-order chi connectivity index (χ0) is 19.2. The first-order valence-corrected chi connectivity index (χ1v) is 8.33. The maximum absolute atomic E-state index is 12.8. The Morgan fingerprint density at radius 2 is 1.93 bits per heavy atom. The number of anilines is 1. The molecule has 0 saturated heterocycles. The highest BCUT2D eigenvalue weighted by Gasteiger charge is 2.14. The first-order chi connectivity index (χ1) is 13.1. The lowest BCUT2D eigenvalue weighted by Gasteiger charge is -2.08. The Balaban J connectivity index is 2.01. The van der Waals surface area contributed by atoms with Crippen LogP contribution in [0, 0.1) is 0 Å². The van der Waals surface area contributed by atoms with Gasteiger partial charge in [0.05, 0.1) is 7.11 Å². The third kappa shape index (κ3) is 4.33. The minimum absolute atomic E-state index is 0.0871. The number of amides is 1. The molecular weight excluding hydrogens is 348 g/mol. The van der Waals surface area contributed by atoms with Crippen molar-refractivity contribution < 1.29 is 23.6 Å². The molecule has 1 heterocycles. The fourth-order valence-electron chi connectivity index (χ4n) is 2.36. The van der Waals surface area contributed by atoms with Crippen molar-refractivity contribution in [3.8, 4) is 5.75 Å². The number of para-hydroxylation sites is 1. The normalized spacial score (nSPS) is 11.3. The number of nitrogens with zero attached hydrogens (tertiary/aromatic N) is 1. The van der Waals surface area contributed by atoms with Crippen molar-refractivity contribution in [2.45, 2.75) is 13.3 Å². The van der Waals surface area contributed by atoms with E-state index in [4.69, 9.17) is 14.0 Å². The number of hydrogen-bond donors (Lipinski definition) is 1. The number of carbonyl (C=O) groups is 2. The summed E-state index contributed by atoms with van der Waals surface area (Å²) >= 11 is 0. The van der Waals surface area contributed by atoms with Crippen molar-refractivity contribution in [2.24, 2.45) is 5.16 Å². The van der Waals surface area contributed by atoms with Crippen molar-refractivity contribution in [3.63, 3.8) is 0 Å². The van der Waals surface area contributed by atoms with Gasteiger partial charge in [0, 0.05) is 23.6 Å². The van der Waals surface area contributed by atoms with E-state index in [1.54, 1.807) is 56.5 Å². The fourth-order valence-corrected chi connectivity index (χ4v) is 2.36. The van der Waals surface area contributed by atoms with Crippen LogP contribution in [0.2, 0.25) is 0 Å². The Morgan fingerprint density at radius 3 is 2.70 bits per heavy atom. The minimum Gasteiger partial charge on any atom is -0.497 e. The van der Waals surface area contributed by atoms with Crippen molar-refractivity contribution >= 4 is 28.5 Å². The van der Waals surface area contributed by atoms with Gasteiger partial charge < -0.3 is 19.3 Å². The van der Waals surface area contributed by atoms with E-state index in [1.165, 1.54) is 0 Å². The molecular formula is C20H18N2O5. The monoisotopic (exact) mass is 366 g/mol. The molecule has 7 heteroatoms. The Hall–Kier alpha value is -3.61. The standard InChI is InChI=1S/C20H18N2O5/c1-3-18(23)27-22-20-16(11-13-7-4-5-10-17(13)26-20)19(24)21-14-8-6-9-15(12-14)25-2/h4-12H,3H2,1-2H3,(H,21,24)/b22-20-. The molecule has 0 aliphatic rings. The third-order valence-electron chi connectivity index (χ3n) is 3.75. The molecule has 0 unspecified atom stereocenters.